The first-order valence-corrected chi connectivity index (χ1v) is 14.5. The van der Waals surface area contributed by atoms with Crippen molar-refractivity contribution in [1.29, 1.82) is 0 Å². The zero-order valence-corrected chi connectivity index (χ0v) is 24.6. The molecular weight excluding hydrogens is 542 g/mol. The number of benzene rings is 4. The molecule has 1 heterocycles. The maximum atomic E-state index is 12.6. The quantitative estimate of drug-likeness (QED) is 0.109. The summed E-state index contributed by atoms with van der Waals surface area (Å²) in [6.45, 7) is 1.84. The molecular formula is C35H37N3O5. The molecule has 1 aromatic heterocycles. The van der Waals surface area contributed by atoms with Crippen LogP contribution in [0.2, 0.25) is 0 Å². The van der Waals surface area contributed by atoms with Crippen LogP contribution in [-0.4, -0.2) is 60.8 Å². The maximum absolute atomic E-state index is 12.6. The van der Waals surface area contributed by atoms with Crippen LogP contribution in [0.1, 0.15) is 33.5 Å². The second kappa shape index (κ2) is 13.9. The number of nitrogens with zero attached hydrogens (tertiary/aromatic N) is 1. The second-order valence-corrected chi connectivity index (χ2v) is 10.8. The summed E-state index contributed by atoms with van der Waals surface area (Å²) in [6, 6.07) is 27.8. The summed E-state index contributed by atoms with van der Waals surface area (Å²) in [7, 11) is 3.94. The Labute approximate surface area is 251 Å². The van der Waals surface area contributed by atoms with Crippen LogP contribution in [0.3, 0.4) is 0 Å². The van der Waals surface area contributed by atoms with Crippen molar-refractivity contribution < 1.29 is 24.2 Å². The van der Waals surface area contributed by atoms with Gasteiger partial charge in [-0.3, -0.25) is 4.79 Å². The van der Waals surface area contributed by atoms with Gasteiger partial charge in [0.05, 0.1) is 12.1 Å². The largest absolute Gasteiger partial charge is 0.512 e. The first kappa shape index (κ1) is 29.7. The molecule has 8 heteroatoms. The van der Waals surface area contributed by atoms with Gasteiger partial charge in [-0.2, -0.15) is 0 Å². The predicted molar refractivity (Wildman–Crippen MR) is 169 cm³/mol. The Morgan fingerprint density at radius 2 is 1.65 bits per heavy atom. The van der Waals surface area contributed by atoms with Crippen molar-refractivity contribution in [3.8, 4) is 11.6 Å². The number of rotatable bonds is 13. The molecule has 0 unspecified atom stereocenters. The number of para-hydroxylation sites is 1. The van der Waals surface area contributed by atoms with Crippen LogP contribution in [0.15, 0.2) is 84.9 Å². The Kier molecular flexibility index (Phi) is 9.59. The number of hydrogen-bond donors (Lipinski definition) is 3. The fourth-order valence-corrected chi connectivity index (χ4v) is 5.34. The molecule has 0 atom stereocenters. The number of amides is 1. The number of nitrogens with one attached hydrogen (secondary N) is 2. The van der Waals surface area contributed by atoms with Gasteiger partial charge >= 0.3 is 6.16 Å². The van der Waals surface area contributed by atoms with E-state index >= 15 is 0 Å². The molecule has 3 N–H and O–H groups in total. The smallest absolute Gasteiger partial charge is 0.493 e. The van der Waals surface area contributed by atoms with Gasteiger partial charge in [-0.1, -0.05) is 66.7 Å². The second-order valence-electron chi connectivity index (χ2n) is 10.8. The number of fused-ring (bicyclic) bond motifs is 2. The third kappa shape index (κ3) is 7.53. The van der Waals surface area contributed by atoms with E-state index in [1.54, 1.807) is 0 Å². The van der Waals surface area contributed by atoms with E-state index in [0.717, 1.165) is 57.1 Å². The minimum Gasteiger partial charge on any atom is -0.493 e. The highest BCUT2D eigenvalue weighted by molar-refractivity contribution is 5.94. The molecule has 0 aliphatic carbocycles. The zero-order chi connectivity index (χ0) is 30.2. The minimum absolute atomic E-state index is 0.0836. The van der Waals surface area contributed by atoms with Crippen LogP contribution >= 0.6 is 0 Å². The van der Waals surface area contributed by atoms with Gasteiger partial charge < -0.3 is 29.8 Å². The van der Waals surface area contributed by atoms with Crippen LogP contribution in [-0.2, 0) is 19.3 Å². The standard InChI is InChI=1S/C35H37N3O5/c1-38(2)21-20-36-33(39)27-13-5-9-24(23-27)18-19-26-12-6-15-29-30(34(37-32(26)29)43-35(40)41)16-8-22-42-31-17-7-11-25-10-3-4-14-28(25)31/h3-7,9-15,17,23,37H,8,16,18-22H2,1-2H3,(H,36,39)(H,40,41). The highest BCUT2D eigenvalue weighted by Gasteiger charge is 2.18. The number of aromatic amines is 1. The van der Waals surface area contributed by atoms with Gasteiger partial charge in [0, 0.05) is 35.0 Å². The summed E-state index contributed by atoms with van der Waals surface area (Å²) in [6.07, 6.45) is 1.34. The number of H-pyrrole nitrogens is 1. The molecule has 4 aromatic carbocycles. The van der Waals surface area contributed by atoms with E-state index in [0.29, 0.717) is 38.0 Å². The topological polar surface area (TPSA) is 104 Å². The normalized spacial score (nSPS) is 11.2. The molecule has 0 spiro atoms. The van der Waals surface area contributed by atoms with Gasteiger partial charge in [-0.05, 0) is 74.5 Å². The van der Waals surface area contributed by atoms with Crippen molar-refractivity contribution in [1.82, 2.24) is 15.2 Å². The summed E-state index contributed by atoms with van der Waals surface area (Å²) in [5.74, 6) is 0.993. The maximum Gasteiger partial charge on any atom is 0.512 e. The van der Waals surface area contributed by atoms with Gasteiger partial charge in [-0.25, -0.2) is 4.79 Å². The van der Waals surface area contributed by atoms with Crippen molar-refractivity contribution in [3.05, 3.63) is 107 Å². The lowest BCUT2D eigenvalue weighted by molar-refractivity contribution is 0.0950. The number of likely N-dealkylation sites (N-methyl/N-ethyl adjacent to an activating group) is 1. The lowest BCUT2D eigenvalue weighted by Crippen LogP contribution is -2.31. The third-order valence-electron chi connectivity index (χ3n) is 7.47. The third-order valence-corrected chi connectivity index (χ3v) is 7.47. The number of carboxylic acid groups (broad SMARTS) is 1. The summed E-state index contributed by atoms with van der Waals surface area (Å²) >= 11 is 0. The number of carbonyl (C=O) groups is 2. The fourth-order valence-electron chi connectivity index (χ4n) is 5.34. The van der Waals surface area contributed by atoms with E-state index in [1.807, 2.05) is 91.8 Å². The van der Waals surface area contributed by atoms with Gasteiger partial charge in [0.2, 0.25) is 5.88 Å². The van der Waals surface area contributed by atoms with Crippen LogP contribution < -0.4 is 14.8 Å². The number of aromatic nitrogens is 1. The van der Waals surface area contributed by atoms with Crippen LogP contribution in [0.5, 0.6) is 11.6 Å². The molecule has 0 radical (unpaired) electrons. The molecule has 0 saturated carbocycles. The SMILES string of the molecule is CN(C)CCNC(=O)c1cccc(CCc2cccc3c(CCCOc4cccc5ccccc45)c(OC(=O)O)[nH]c23)c1. The first-order chi connectivity index (χ1) is 20.9. The Hall–Kier alpha value is -4.82. The molecule has 0 fully saturated rings. The number of hydrogen-bond acceptors (Lipinski definition) is 5. The van der Waals surface area contributed by atoms with Crippen molar-refractivity contribution in [2.45, 2.75) is 25.7 Å². The summed E-state index contributed by atoms with van der Waals surface area (Å²) in [5, 5.41) is 15.5. The number of ether oxygens (including phenoxy) is 2. The lowest BCUT2D eigenvalue weighted by Gasteiger charge is -2.11. The molecule has 8 nitrogen and oxygen atoms in total. The van der Waals surface area contributed by atoms with E-state index < -0.39 is 6.16 Å². The predicted octanol–water partition coefficient (Wildman–Crippen LogP) is 6.47. The Morgan fingerprint density at radius 3 is 2.49 bits per heavy atom. The average molecular weight is 580 g/mol. The zero-order valence-electron chi connectivity index (χ0n) is 24.6. The Morgan fingerprint density at radius 1 is 0.884 bits per heavy atom. The van der Waals surface area contributed by atoms with Crippen molar-refractivity contribution >= 4 is 33.7 Å². The molecule has 43 heavy (non-hydrogen) atoms. The molecule has 1 amide bonds. The summed E-state index contributed by atoms with van der Waals surface area (Å²) in [5.41, 5.74) is 4.42. The highest BCUT2D eigenvalue weighted by atomic mass is 16.7. The van der Waals surface area contributed by atoms with Gasteiger partial charge in [0.15, 0.2) is 0 Å². The van der Waals surface area contributed by atoms with E-state index in [1.165, 1.54) is 0 Å². The molecule has 5 aromatic rings. The average Bonchev–Trinajstić information content (AvgIpc) is 3.34. The summed E-state index contributed by atoms with van der Waals surface area (Å²) < 4.78 is 11.3. The Bertz CT molecular complexity index is 1720. The summed E-state index contributed by atoms with van der Waals surface area (Å²) in [4.78, 5) is 29.4. The molecule has 0 saturated heterocycles. The molecule has 5 rings (SSSR count). The fraction of sp³-hybridized carbons (Fsp3) is 0.257. The van der Waals surface area contributed by atoms with Crippen LogP contribution in [0.4, 0.5) is 4.79 Å². The van der Waals surface area contributed by atoms with E-state index in [9.17, 15) is 14.7 Å². The van der Waals surface area contributed by atoms with E-state index in [-0.39, 0.29) is 11.8 Å². The Balaban J connectivity index is 1.28. The molecule has 0 bridgehead atoms. The minimum atomic E-state index is -1.36. The van der Waals surface area contributed by atoms with Crippen LogP contribution in [0, 0.1) is 0 Å². The van der Waals surface area contributed by atoms with E-state index in [4.69, 9.17) is 9.47 Å². The number of carbonyl (C=O) groups excluding carboxylic acids is 1. The lowest BCUT2D eigenvalue weighted by atomic mass is 9.99. The van der Waals surface area contributed by atoms with E-state index in [2.05, 4.69) is 22.4 Å². The van der Waals surface area contributed by atoms with Gasteiger partial charge in [0.1, 0.15) is 5.75 Å². The van der Waals surface area contributed by atoms with Crippen molar-refractivity contribution in [3.63, 3.8) is 0 Å². The number of aryl methyl sites for hydroxylation is 3. The molecule has 0 aliphatic heterocycles. The van der Waals surface area contributed by atoms with Crippen LogP contribution in [0.25, 0.3) is 21.7 Å². The van der Waals surface area contributed by atoms with Gasteiger partial charge in [0.25, 0.3) is 5.91 Å². The van der Waals surface area contributed by atoms with Crippen molar-refractivity contribution in [2.75, 3.05) is 33.8 Å². The monoisotopic (exact) mass is 579 g/mol. The molecule has 0 aliphatic rings. The highest BCUT2D eigenvalue weighted by Crippen LogP contribution is 2.32. The van der Waals surface area contributed by atoms with Crippen molar-refractivity contribution in [2.24, 2.45) is 0 Å². The van der Waals surface area contributed by atoms with Gasteiger partial charge in [-0.15, -0.1) is 0 Å². The molecule has 222 valence electrons. The first-order valence-electron chi connectivity index (χ1n) is 14.5.